The number of carbonyl (C=O) groups excluding carboxylic acids is 1. The largest absolute Gasteiger partial charge is 0.454 e. The summed E-state index contributed by atoms with van der Waals surface area (Å²) in [6.07, 6.45) is 1.74. The van der Waals surface area contributed by atoms with Gasteiger partial charge in [-0.3, -0.25) is 14.2 Å². The summed E-state index contributed by atoms with van der Waals surface area (Å²) in [5, 5.41) is 2.44. The van der Waals surface area contributed by atoms with Gasteiger partial charge < -0.3 is 14.4 Å². The second-order valence-corrected chi connectivity index (χ2v) is 6.96. The van der Waals surface area contributed by atoms with E-state index in [0.29, 0.717) is 24.2 Å². The summed E-state index contributed by atoms with van der Waals surface area (Å²) in [5.74, 6) is 1.38. The van der Waals surface area contributed by atoms with Crippen molar-refractivity contribution in [1.82, 2.24) is 14.5 Å². The maximum atomic E-state index is 12.4. The van der Waals surface area contributed by atoms with Crippen molar-refractivity contribution in [3.05, 3.63) is 51.9 Å². The second-order valence-electron chi connectivity index (χ2n) is 6.07. The minimum atomic E-state index is -0.109. The first-order valence-corrected chi connectivity index (χ1v) is 9.05. The molecule has 0 bridgehead atoms. The highest BCUT2D eigenvalue weighted by atomic mass is 32.1. The van der Waals surface area contributed by atoms with E-state index < -0.39 is 0 Å². The lowest BCUT2D eigenvalue weighted by Crippen LogP contribution is -2.29. The number of hydrogen-bond acceptors (Lipinski definition) is 6. The third kappa shape index (κ3) is 3.15. The van der Waals surface area contributed by atoms with Crippen molar-refractivity contribution in [2.45, 2.75) is 19.5 Å². The van der Waals surface area contributed by atoms with Crippen LogP contribution in [-0.4, -0.2) is 34.2 Å². The van der Waals surface area contributed by atoms with E-state index in [4.69, 9.17) is 9.47 Å². The molecule has 134 valence electrons. The predicted molar refractivity (Wildman–Crippen MR) is 97.5 cm³/mol. The van der Waals surface area contributed by atoms with Crippen molar-refractivity contribution >= 4 is 27.5 Å². The second kappa shape index (κ2) is 6.80. The van der Waals surface area contributed by atoms with Crippen LogP contribution in [0.3, 0.4) is 0 Å². The van der Waals surface area contributed by atoms with Gasteiger partial charge in [0.15, 0.2) is 11.5 Å². The maximum absolute atomic E-state index is 12.4. The molecule has 8 heteroatoms. The normalized spacial score (nSPS) is 12.5. The summed E-state index contributed by atoms with van der Waals surface area (Å²) in [6, 6.07) is 7.40. The molecule has 0 saturated heterocycles. The Morgan fingerprint density at radius 2 is 2.15 bits per heavy atom. The Balaban J connectivity index is 1.39. The molecule has 3 aromatic rings. The van der Waals surface area contributed by atoms with E-state index in [9.17, 15) is 9.59 Å². The molecule has 2 aromatic heterocycles. The van der Waals surface area contributed by atoms with Gasteiger partial charge in [-0.1, -0.05) is 6.07 Å². The van der Waals surface area contributed by atoms with Gasteiger partial charge >= 0.3 is 0 Å². The summed E-state index contributed by atoms with van der Waals surface area (Å²) in [6.45, 7) is 0.999. The van der Waals surface area contributed by atoms with Crippen LogP contribution >= 0.6 is 11.3 Å². The number of aryl methyl sites for hydroxylation is 1. The molecule has 0 spiro atoms. The topological polar surface area (TPSA) is 73.7 Å². The van der Waals surface area contributed by atoms with E-state index in [-0.39, 0.29) is 24.7 Å². The Morgan fingerprint density at radius 1 is 1.31 bits per heavy atom. The van der Waals surface area contributed by atoms with E-state index in [1.165, 1.54) is 22.2 Å². The highest BCUT2D eigenvalue weighted by Crippen LogP contribution is 2.32. The molecule has 0 radical (unpaired) electrons. The lowest BCUT2D eigenvalue weighted by molar-refractivity contribution is -0.130. The number of amides is 1. The summed E-state index contributed by atoms with van der Waals surface area (Å²) >= 11 is 1.43. The summed E-state index contributed by atoms with van der Waals surface area (Å²) in [5.41, 5.74) is 0.853. The fraction of sp³-hybridized carbons (Fsp3) is 0.278. The van der Waals surface area contributed by atoms with Gasteiger partial charge in [-0.25, -0.2) is 4.98 Å². The molecule has 26 heavy (non-hydrogen) atoms. The van der Waals surface area contributed by atoms with Crippen molar-refractivity contribution in [2.75, 3.05) is 13.8 Å². The predicted octanol–water partition coefficient (Wildman–Crippen LogP) is 2.24. The standard InChI is InChI=1S/C18H17N3O4S/c1-20(9-12-2-3-14-15(8-12)25-11-24-14)16(22)4-6-21-10-19-17-13(18(21)23)5-7-26-17/h2-3,5,7-8,10H,4,6,9,11H2,1H3. The molecule has 0 unspecified atom stereocenters. The average Bonchev–Trinajstić information content (AvgIpc) is 3.29. The first-order chi connectivity index (χ1) is 12.6. The molecule has 4 rings (SSSR count). The van der Waals surface area contributed by atoms with Gasteiger partial charge in [0.2, 0.25) is 12.7 Å². The Kier molecular flexibility index (Phi) is 4.34. The zero-order valence-corrected chi connectivity index (χ0v) is 15.0. The van der Waals surface area contributed by atoms with Crippen LogP contribution < -0.4 is 15.0 Å². The average molecular weight is 371 g/mol. The number of thiophene rings is 1. The first-order valence-electron chi connectivity index (χ1n) is 8.17. The van der Waals surface area contributed by atoms with Crippen molar-refractivity contribution < 1.29 is 14.3 Å². The number of aromatic nitrogens is 2. The van der Waals surface area contributed by atoms with Gasteiger partial charge in [-0.15, -0.1) is 11.3 Å². The van der Waals surface area contributed by atoms with Crippen molar-refractivity contribution in [2.24, 2.45) is 0 Å². The number of benzene rings is 1. The monoisotopic (exact) mass is 371 g/mol. The molecule has 0 N–H and O–H groups in total. The minimum Gasteiger partial charge on any atom is -0.454 e. The fourth-order valence-corrected chi connectivity index (χ4v) is 3.58. The summed E-state index contributed by atoms with van der Waals surface area (Å²) < 4.78 is 12.1. The van der Waals surface area contributed by atoms with E-state index in [1.54, 1.807) is 18.0 Å². The van der Waals surface area contributed by atoms with Crippen LogP contribution in [0.1, 0.15) is 12.0 Å². The van der Waals surface area contributed by atoms with Crippen molar-refractivity contribution in [1.29, 1.82) is 0 Å². The number of nitrogens with zero attached hydrogens (tertiary/aromatic N) is 3. The van der Waals surface area contributed by atoms with Crippen molar-refractivity contribution in [3.63, 3.8) is 0 Å². The molecule has 0 aliphatic carbocycles. The Labute approximate surface area is 153 Å². The van der Waals surface area contributed by atoms with Gasteiger partial charge in [0.1, 0.15) is 4.83 Å². The molecular formula is C18H17N3O4S. The van der Waals surface area contributed by atoms with E-state index >= 15 is 0 Å². The number of carbonyl (C=O) groups is 1. The zero-order chi connectivity index (χ0) is 18.1. The third-order valence-electron chi connectivity index (χ3n) is 4.30. The molecule has 1 aliphatic rings. The molecule has 1 aliphatic heterocycles. The van der Waals surface area contributed by atoms with E-state index in [1.807, 2.05) is 23.6 Å². The van der Waals surface area contributed by atoms with Crippen LogP contribution in [0.15, 0.2) is 40.8 Å². The smallest absolute Gasteiger partial charge is 0.262 e. The molecule has 0 saturated carbocycles. The van der Waals surface area contributed by atoms with Gasteiger partial charge in [0.25, 0.3) is 5.56 Å². The van der Waals surface area contributed by atoms with Crippen LogP contribution in [-0.2, 0) is 17.9 Å². The molecule has 0 atom stereocenters. The Bertz CT molecular complexity index is 1030. The number of fused-ring (bicyclic) bond motifs is 2. The highest BCUT2D eigenvalue weighted by Gasteiger charge is 2.16. The molecule has 0 fully saturated rings. The third-order valence-corrected chi connectivity index (χ3v) is 5.12. The van der Waals surface area contributed by atoms with Crippen LogP contribution in [0.4, 0.5) is 0 Å². The Morgan fingerprint density at radius 3 is 3.04 bits per heavy atom. The molecule has 3 heterocycles. The first kappa shape index (κ1) is 16.6. The van der Waals surface area contributed by atoms with E-state index in [2.05, 4.69) is 4.98 Å². The van der Waals surface area contributed by atoms with Crippen LogP contribution in [0.2, 0.25) is 0 Å². The zero-order valence-electron chi connectivity index (χ0n) is 14.2. The summed E-state index contributed by atoms with van der Waals surface area (Å²) in [4.78, 5) is 31.4. The Hall–Kier alpha value is -2.87. The SMILES string of the molecule is CN(Cc1ccc2c(c1)OCO2)C(=O)CCn1cnc2sccc2c1=O. The lowest BCUT2D eigenvalue weighted by Gasteiger charge is -2.18. The van der Waals surface area contributed by atoms with Crippen LogP contribution in [0.5, 0.6) is 11.5 Å². The molecular weight excluding hydrogens is 354 g/mol. The number of ether oxygens (including phenoxy) is 2. The van der Waals surface area contributed by atoms with Gasteiger partial charge in [0, 0.05) is 26.6 Å². The van der Waals surface area contributed by atoms with Gasteiger partial charge in [-0.05, 0) is 29.1 Å². The molecule has 1 aromatic carbocycles. The van der Waals surface area contributed by atoms with Crippen molar-refractivity contribution in [3.8, 4) is 11.5 Å². The summed E-state index contributed by atoms with van der Waals surface area (Å²) in [7, 11) is 1.75. The minimum absolute atomic E-state index is 0.0417. The van der Waals surface area contributed by atoms with E-state index in [0.717, 1.165) is 16.1 Å². The van der Waals surface area contributed by atoms with Crippen LogP contribution in [0.25, 0.3) is 10.2 Å². The number of hydrogen-bond donors (Lipinski definition) is 0. The maximum Gasteiger partial charge on any atom is 0.262 e. The van der Waals surface area contributed by atoms with Crippen LogP contribution in [0, 0.1) is 0 Å². The highest BCUT2D eigenvalue weighted by molar-refractivity contribution is 7.16. The number of rotatable bonds is 5. The van der Waals surface area contributed by atoms with Gasteiger partial charge in [-0.2, -0.15) is 0 Å². The quantitative estimate of drug-likeness (QED) is 0.688. The molecule has 7 nitrogen and oxygen atoms in total. The van der Waals surface area contributed by atoms with Gasteiger partial charge in [0.05, 0.1) is 11.7 Å². The fourth-order valence-electron chi connectivity index (χ4n) is 2.86. The molecule has 1 amide bonds. The lowest BCUT2D eigenvalue weighted by atomic mass is 10.2.